The van der Waals surface area contributed by atoms with Crippen molar-refractivity contribution in [2.75, 3.05) is 27.2 Å². The summed E-state index contributed by atoms with van der Waals surface area (Å²) >= 11 is 0. The number of rotatable bonds is 4. The summed E-state index contributed by atoms with van der Waals surface area (Å²) in [6, 6.07) is 7.35. The Labute approximate surface area is 134 Å². The van der Waals surface area contributed by atoms with Crippen molar-refractivity contribution in [2.24, 2.45) is 11.7 Å². The van der Waals surface area contributed by atoms with Crippen molar-refractivity contribution in [1.29, 1.82) is 0 Å². The number of hydrogen-bond acceptors (Lipinski definition) is 3. The zero-order valence-electron chi connectivity index (χ0n) is 14.1. The Morgan fingerprint density at radius 3 is 2.64 bits per heavy atom. The smallest absolute Gasteiger partial charge is 0.123 e. The van der Waals surface area contributed by atoms with Gasteiger partial charge in [-0.1, -0.05) is 31.4 Å². The van der Waals surface area contributed by atoms with Gasteiger partial charge in [0.1, 0.15) is 5.75 Å². The van der Waals surface area contributed by atoms with Crippen LogP contribution in [0.5, 0.6) is 5.75 Å². The first-order chi connectivity index (χ1) is 10.7. The lowest BCUT2D eigenvalue weighted by Crippen LogP contribution is -2.21. The van der Waals surface area contributed by atoms with E-state index >= 15 is 0 Å². The molecule has 3 heteroatoms. The van der Waals surface area contributed by atoms with Crippen molar-refractivity contribution in [3.05, 3.63) is 29.3 Å². The fraction of sp³-hybridized carbons (Fsp3) is 0.684. The Hall–Kier alpha value is -1.06. The normalized spacial score (nSPS) is 27.2. The SMILES string of the molecule is COc1ccc(C2CCCCC2)cc1C1CC(CN)CN1C. The van der Waals surface area contributed by atoms with Crippen LogP contribution in [0, 0.1) is 5.92 Å². The maximum Gasteiger partial charge on any atom is 0.123 e. The van der Waals surface area contributed by atoms with Crippen LogP contribution in [0.4, 0.5) is 0 Å². The van der Waals surface area contributed by atoms with E-state index in [4.69, 9.17) is 10.5 Å². The van der Waals surface area contributed by atoms with Gasteiger partial charge < -0.3 is 10.5 Å². The van der Waals surface area contributed by atoms with Gasteiger partial charge in [0.15, 0.2) is 0 Å². The summed E-state index contributed by atoms with van der Waals surface area (Å²) in [6.07, 6.45) is 8.01. The topological polar surface area (TPSA) is 38.5 Å². The molecular weight excluding hydrogens is 272 g/mol. The van der Waals surface area contributed by atoms with Crippen molar-refractivity contribution in [3.8, 4) is 5.75 Å². The molecule has 2 unspecified atom stereocenters. The maximum atomic E-state index is 5.90. The van der Waals surface area contributed by atoms with E-state index in [1.165, 1.54) is 43.2 Å². The van der Waals surface area contributed by atoms with Gasteiger partial charge in [0.2, 0.25) is 0 Å². The second-order valence-corrected chi connectivity index (χ2v) is 7.13. The molecule has 2 aliphatic rings. The molecule has 0 bridgehead atoms. The molecule has 1 aliphatic heterocycles. The molecule has 1 saturated carbocycles. The van der Waals surface area contributed by atoms with Gasteiger partial charge in [-0.2, -0.15) is 0 Å². The Bertz CT molecular complexity index is 496. The van der Waals surface area contributed by atoms with Gasteiger partial charge in [-0.15, -0.1) is 0 Å². The first-order valence-electron chi connectivity index (χ1n) is 8.81. The Morgan fingerprint density at radius 1 is 1.23 bits per heavy atom. The Morgan fingerprint density at radius 2 is 2.00 bits per heavy atom. The number of ether oxygens (including phenoxy) is 1. The first kappa shape index (κ1) is 15.8. The molecule has 3 rings (SSSR count). The quantitative estimate of drug-likeness (QED) is 0.922. The largest absolute Gasteiger partial charge is 0.496 e. The van der Waals surface area contributed by atoms with Crippen molar-refractivity contribution in [1.82, 2.24) is 4.90 Å². The van der Waals surface area contributed by atoms with E-state index in [0.717, 1.165) is 31.2 Å². The number of likely N-dealkylation sites (tertiary alicyclic amines) is 1. The van der Waals surface area contributed by atoms with Crippen LogP contribution in [0.3, 0.4) is 0 Å². The van der Waals surface area contributed by atoms with Crippen LogP contribution in [0.25, 0.3) is 0 Å². The van der Waals surface area contributed by atoms with Crippen molar-refractivity contribution in [2.45, 2.75) is 50.5 Å². The number of benzene rings is 1. The molecule has 2 fully saturated rings. The molecule has 1 saturated heterocycles. The van der Waals surface area contributed by atoms with Gasteiger partial charge in [-0.3, -0.25) is 4.90 Å². The number of nitrogens with zero attached hydrogens (tertiary/aromatic N) is 1. The fourth-order valence-electron chi connectivity index (χ4n) is 4.34. The van der Waals surface area contributed by atoms with Crippen molar-refractivity contribution < 1.29 is 4.74 Å². The van der Waals surface area contributed by atoms with Gasteiger partial charge in [0.05, 0.1) is 7.11 Å². The molecule has 2 atom stereocenters. The summed E-state index contributed by atoms with van der Waals surface area (Å²) in [4.78, 5) is 2.44. The first-order valence-corrected chi connectivity index (χ1v) is 8.81. The van der Waals surface area contributed by atoms with Gasteiger partial charge in [-0.25, -0.2) is 0 Å². The van der Waals surface area contributed by atoms with Crippen LogP contribution in [0.2, 0.25) is 0 Å². The highest BCUT2D eigenvalue weighted by Crippen LogP contribution is 2.41. The minimum atomic E-state index is 0.451. The van der Waals surface area contributed by atoms with E-state index in [0.29, 0.717) is 12.0 Å². The average Bonchev–Trinajstić information content (AvgIpc) is 2.96. The second kappa shape index (κ2) is 7.01. The zero-order valence-corrected chi connectivity index (χ0v) is 14.1. The van der Waals surface area contributed by atoms with E-state index in [2.05, 4.69) is 30.1 Å². The summed E-state index contributed by atoms with van der Waals surface area (Å²) in [6.45, 7) is 1.88. The van der Waals surface area contributed by atoms with Gasteiger partial charge in [0, 0.05) is 18.2 Å². The third kappa shape index (κ3) is 3.16. The minimum Gasteiger partial charge on any atom is -0.496 e. The summed E-state index contributed by atoms with van der Waals surface area (Å²) < 4.78 is 5.66. The molecule has 0 radical (unpaired) electrons. The molecule has 1 aromatic rings. The molecule has 122 valence electrons. The lowest BCUT2D eigenvalue weighted by Gasteiger charge is -2.26. The van der Waals surface area contributed by atoms with E-state index < -0.39 is 0 Å². The van der Waals surface area contributed by atoms with Crippen molar-refractivity contribution in [3.63, 3.8) is 0 Å². The monoisotopic (exact) mass is 302 g/mol. The molecule has 0 spiro atoms. The summed E-state index contributed by atoms with van der Waals surface area (Å²) in [5, 5.41) is 0. The molecule has 1 heterocycles. The van der Waals surface area contributed by atoms with Crippen LogP contribution >= 0.6 is 0 Å². The molecule has 0 amide bonds. The van der Waals surface area contributed by atoms with E-state index in [9.17, 15) is 0 Å². The minimum absolute atomic E-state index is 0.451. The lowest BCUT2D eigenvalue weighted by molar-refractivity contribution is 0.302. The third-order valence-electron chi connectivity index (χ3n) is 5.66. The van der Waals surface area contributed by atoms with Crippen molar-refractivity contribution >= 4 is 0 Å². The highest BCUT2D eigenvalue weighted by Gasteiger charge is 2.32. The molecule has 1 aromatic carbocycles. The summed E-state index contributed by atoms with van der Waals surface area (Å²) in [5.41, 5.74) is 8.77. The third-order valence-corrected chi connectivity index (χ3v) is 5.66. The standard InChI is InChI=1S/C19H30N2O/c1-21-13-14(12-20)10-18(21)17-11-16(8-9-19(17)22-2)15-6-4-3-5-7-15/h8-9,11,14-15,18H,3-7,10,12-13,20H2,1-2H3. The highest BCUT2D eigenvalue weighted by molar-refractivity contribution is 5.41. The number of hydrogen-bond donors (Lipinski definition) is 1. The molecule has 22 heavy (non-hydrogen) atoms. The predicted molar refractivity (Wildman–Crippen MR) is 91.4 cm³/mol. The lowest BCUT2D eigenvalue weighted by atomic mass is 9.83. The molecule has 0 aromatic heterocycles. The van der Waals surface area contributed by atoms with E-state index in [-0.39, 0.29) is 0 Å². The average molecular weight is 302 g/mol. The predicted octanol–water partition coefficient (Wildman–Crippen LogP) is 3.69. The van der Waals surface area contributed by atoms with Gasteiger partial charge >= 0.3 is 0 Å². The maximum absolute atomic E-state index is 5.90. The van der Waals surface area contributed by atoms with Crippen LogP contribution in [0.1, 0.15) is 61.6 Å². The zero-order chi connectivity index (χ0) is 15.5. The number of nitrogens with two attached hydrogens (primary N) is 1. The second-order valence-electron chi connectivity index (χ2n) is 7.13. The molecule has 2 N–H and O–H groups in total. The Balaban J connectivity index is 1.87. The van der Waals surface area contributed by atoms with Gasteiger partial charge in [-0.05, 0) is 56.3 Å². The molecule has 3 nitrogen and oxygen atoms in total. The number of methoxy groups -OCH3 is 1. The van der Waals surface area contributed by atoms with E-state index in [1.54, 1.807) is 7.11 Å². The molecule has 1 aliphatic carbocycles. The molecular formula is C19H30N2O. The van der Waals surface area contributed by atoms with Gasteiger partial charge in [0.25, 0.3) is 0 Å². The van der Waals surface area contributed by atoms with Crippen LogP contribution in [-0.4, -0.2) is 32.1 Å². The summed E-state index contributed by atoms with van der Waals surface area (Å²) in [7, 11) is 4.00. The fourth-order valence-corrected chi connectivity index (χ4v) is 4.34. The van der Waals surface area contributed by atoms with E-state index in [1.807, 2.05) is 0 Å². The summed E-state index contributed by atoms with van der Waals surface area (Å²) in [5.74, 6) is 2.39. The van der Waals surface area contributed by atoms with Crippen LogP contribution in [-0.2, 0) is 0 Å². The highest BCUT2D eigenvalue weighted by atomic mass is 16.5. The Kier molecular flexibility index (Phi) is 5.04. The van der Waals surface area contributed by atoms with Crippen LogP contribution in [0.15, 0.2) is 18.2 Å². The van der Waals surface area contributed by atoms with Crippen LogP contribution < -0.4 is 10.5 Å².